The summed E-state index contributed by atoms with van der Waals surface area (Å²) in [7, 11) is 1.30. The molecule has 5 nitrogen and oxygen atoms in total. The first-order chi connectivity index (χ1) is 10.2. The molecule has 0 fully saturated rings. The number of ether oxygens (including phenoxy) is 1. The normalized spacial score (nSPS) is 10.2. The van der Waals surface area contributed by atoms with Gasteiger partial charge in [0.2, 0.25) is 5.91 Å². The largest absolute Gasteiger partial charge is 0.468 e. The second-order valence-corrected chi connectivity index (χ2v) is 5.13. The Kier molecular flexibility index (Phi) is 5.05. The van der Waals surface area contributed by atoms with Crippen LogP contribution in [-0.4, -0.2) is 30.5 Å². The van der Waals surface area contributed by atoms with Crippen LogP contribution in [0, 0.1) is 0 Å². The molecule has 0 spiro atoms. The Hall–Kier alpha value is -2.21. The van der Waals surface area contributed by atoms with Crippen molar-refractivity contribution in [2.45, 2.75) is 13.3 Å². The number of amides is 1. The summed E-state index contributed by atoms with van der Waals surface area (Å²) in [5.74, 6) is -0.623. The summed E-state index contributed by atoms with van der Waals surface area (Å²) in [6.07, 6.45) is 0.303. The number of carbonyl (C=O) groups is 2. The summed E-state index contributed by atoms with van der Waals surface area (Å²) in [4.78, 5) is 29.3. The van der Waals surface area contributed by atoms with E-state index in [-0.39, 0.29) is 12.5 Å². The van der Waals surface area contributed by atoms with E-state index in [4.69, 9.17) is 0 Å². The molecule has 0 radical (unpaired) electrons. The second-order valence-electron chi connectivity index (χ2n) is 4.29. The van der Waals surface area contributed by atoms with Gasteiger partial charge in [0, 0.05) is 17.4 Å². The first kappa shape index (κ1) is 15.2. The number of carbonyl (C=O) groups excluding carboxylic acids is 2. The molecular formula is C15H16N2O3S. The standard InChI is InChI=1S/C15H16N2O3S/c1-3-13(18)17(9-14(19)20-2)15-16-12(10-21-15)11-7-5-4-6-8-11/h4-8,10H,3,9H2,1-2H3. The van der Waals surface area contributed by atoms with E-state index in [2.05, 4.69) is 9.72 Å². The van der Waals surface area contributed by atoms with E-state index in [0.717, 1.165) is 11.3 Å². The monoisotopic (exact) mass is 304 g/mol. The zero-order valence-electron chi connectivity index (χ0n) is 11.9. The molecule has 0 aliphatic heterocycles. The highest BCUT2D eigenvalue weighted by Gasteiger charge is 2.21. The Morgan fingerprint density at radius 1 is 1.29 bits per heavy atom. The molecule has 0 aliphatic rings. The Morgan fingerprint density at radius 3 is 2.62 bits per heavy atom. The van der Waals surface area contributed by atoms with Crippen LogP contribution >= 0.6 is 11.3 Å². The lowest BCUT2D eigenvalue weighted by Gasteiger charge is -2.17. The van der Waals surface area contributed by atoms with E-state index in [9.17, 15) is 9.59 Å². The fraction of sp³-hybridized carbons (Fsp3) is 0.267. The quantitative estimate of drug-likeness (QED) is 0.797. The van der Waals surface area contributed by atoms with Gasteiger partial charge in [-0.2, -0.15) is 0 Å². The molecule has 1 aromatic carbocycles. The van der Waals surface area contributed by atoms with Crippen LogP contribution in [0.4, 0.5) is 5.13 Å². The zero-order chi connectivity index (χ0) is 15.2. The van der Waals surface area contributed by atoms with E-state index in [1.54, 1.807) is 6.92 Å². The second kappa shape index (κ2) is 6.99. The Bertz CT molecular complexity index is 625. The molecule has 0 saturated heterocycles. The summed E-state index contributed by atoms with van der Waals surface area (Å²) >= 11 is 1.33. The van der Waals surface area contributed by atoms with Gasteiger partial charge < -0.3 is 4.74 Å². The lowest BCUT2D eigenvalue weighted by atomic mass is 10.2. The highest BCUT2D eigenvalue weighted by Crippen LogP contribution is 2.27. The van der Waals surface area contributed by atoms with Crippen molar-refractivity contribution in [3.05, 3.63) is 35.7 Å². The molecule has 1 aromatic heterocycles. The third kappa shape index (κ3) is 3.66. The molecule has 0 saturated carbocycles. The lowest BCUT2D eigenvalue weighted by Crippen LogP contribution is -2.35. The van der Waals surface area contributed by atoms with Gasteiger partial charge in [0.25, 0.3) is 0 Å². The highest BCUT2D eigenvalue weighted by atomic mass is 32.1. The SMILES string of the molecule is CCC(=O)N(CC(=O)OC)c1nc(-c2ccccc2)cs1. The molecule has 0 unspecified atom stereocenters. The molecule has 1 heterocycles. The van der Waals surface area contributed by atoms with Gasteiger partial charge in [0.15, 0.2) is 5.13 Å². The topological polar surface area (TPSA) is 59.5 Å². The van der Waals surface area contributed by atoms with Gasteiger partial charge in [-0.3, -0.25) is 14.5 Å². The molecule has 110 valence electrons. The maximum Gasteiger partial charge on any atom is 0.325 e. The number of thiazole rings is 1. The van der Waals surface area contributed by atoms with Crippen LogP contribution in [0.2, 0.25) is 0 Å². The number of benzene rings is 1. The predicted molar refractivity (Wildman–Crippen MR) is 82.2 cm³/mol. The summed E-state index contributed by atoms with van der Waals surface area (Å²) in [6.45, 7) is 1.63. The molecular weight excluding hydrogens is 288 g/mol. The molecule has 0 bridgehead atoms. The number of methoxy groups -OCH3 is 1. The van der Waals surface area contributed by atoms with E-state index >= 15 is 0 Å². The smallest absolute Gasteiger partial charge is 0.325 e. The minimum Gasteiger partial charge on any atom is -0.468 e. The number of aromatic nitrogens is 1. The molecule has 1 amide bonds. The maximum atomic E-state index is 12.0. The Labute approximate surface area is 127 Å². The van der Waals surface area contributed by atoms with Gasteiger partial charge >= 0.3 is 5.97 Å². The summed E-state index contributed by atoms with van der Waals surface area (Å²) < 4.78 is 4.63. The van der Waals surface area contributed by atoms with Gasteiger partial charge in [-0.05, 0) is 0 Å². The number of hydrogen-bond acceptors (Lipinski definition) is 5. The first-order valence-corrected chi connectivity index (χ1v) is 7.41. The molecule has 2 aromatic rings. The third-order valence-corrected chi connectivity index (χ3v) is 3.77. The van der Waals surface area contributed by atoms with E-state index in [1.807, 2.05) is 35.7 Å². The van der Waals surface area contributed by atoms with Crippen LogP contribution in [-0.2, 0) is 14.3 Å². The molecule has 21 heavy (non-hydrogen) atoms. The molecule has 6 heteroatoms. The molecule has 2 rings (SSSR count). The number of esters is 1. The van der Waals surface area contributed by atoms with Crippen LogP contribution in [0.1, 0.15) is 13.3 Å². The highest BCUT2D eigenvalue weighted by molar-refractivity contribution is 7.14. The predicted octanol–water partition coefficient (Wildman–Crippen LogP) is 2.73. The number of hydrogen-bond donors (Lipinski definition) is 0. The number of rotatable bonds is 5. The molecule has 0 N–H and O–H groups in total. The van der Waals surface area contributed by atoms with Crippen molar-refractivity contribution in [2.24, 2.45) is 0 Å². The van der Waals surface area contributed by atoms with Crippen molar-refractivity contribution in [3.63, 3.8) is 0 Å². The summed E-state index contributed by atoms with van der Waals surface area (Å²) in [6, 6.07) is 9.69. The van der Waals surface area contributed by atoms with Crippen LogP contribution in [0.3, 0.4) is 0 Å². The number of anilines is 1. The van der Waals surface area contributed by atoms with E-state index in [0.29, 0.717) is 11.6 Å². The first-order valence-electron chi connectivity index (χ1n) is 6.53. The van der Waals surface area contributed by atoms with Crippen molar-refractivity contribution in [2.75, 3.05) is 18.6 Å². The average Bonchev–Trinajstić information content (AvgIpc) is 3.02. The molecule has 0 aliphatic carbocycles. The van der Waals surface area contributed by atoms with Gasteiger partial charge in [-0.15, -0.1) is 11.3 Å². The Balaban J connectivity index is 2.27. The Morgan fingerprint density at radius 2 is 2.00 bits per heavy atom. The fourth-order valence-electron chi connectivity index (χ4n) is 1.78. The van der Waals surface area contributed by atoms with Crippen molar-refractivity contribution in [1.29, 1.82) is 0 Å². The zero-order valence-corrected chi connectivity index (χ0v) is 12.7. The van der Waals surface area contributed by atoms with Crippen molar-refractivity contribution < 1.29 is 14.3 Å². The fourth-order valence-corrected chi connectivity index (χ4v) is 2.63. The lowest BCUT2D eigenvalue weighted by molar-refractivity contribution is -0.140. The minimum absolute atomic E-state index is 0.120. The van der Waals surface area contributed by atoms with Gasteiger partial charge in [0.05, 0.1) is 12.8 Å². The van der Waals surface area contributed by atoms with E-state index in [1.165, 1.54) is 23.3 Å². The number of nitrogens with zero attached hydrogens (tertiary/aromatic N) is 2. The molecule has 0 atom stereocenters. The summed E-state index contributed by atoms with van der Waals surface area (Å²) in [5.41, 5.74) is 1.76. The average molecular weight is 304 g/mol. The van der Waals surface area contributed by atoms with Crippen LogP contribution in [0.25, 0.3) is 11.3 Å². The van der Waals surface area contributed by atoms with Gasteiger partial charge in [-0.25, -0.2) is 4.98 Å². The van der Waals surface area contributed by atoms with Gasteiger partial charge in [-0.1, -0.05) is 37.3 Å². The maximum absolute atomic E-state index is 12.0. The summed E-state index contributed by atoms with van der Waals surface area (Å²) in [5, 5.41) is 2.38. The van der Waals surface area contributed by atoms with Crippen molar-refractivity contribution >= 4 is 28.3 Å². The van der Waals surface area contributed by atoms with Crippen molar-refractivity contribution in [3.8, 4) is 11.3 Å². The third-order valence-electron chi connectivity index (χ3n) is 2.91. The van der Waals surface area contributed by atoms with Crippen LogP contribution in [0.15, 0.2) is 35.7 Å². The van der Waals surface area contributed by atoms with Crippen LogP contribution in [0.5, 0.6) is 0 Å². The minimum atomic E-state index is -0.465. The van der Waals surface area contributed by atoms with E-state index < -0.39 is 5.97 Å². The van der Waals surface area contributed by atoms with Crippen LogP contribution < -0.4 is 4.90 Å². The van der Waals surface area contributed by atoms with Crippen molar-refractivity contribution in [1.82, 2.24) is 4.98 Å². The van der Waals surface area contributed by atoms with Gasteiger partial charge in [0.1, 0.15) is 6.54 Å².